The quantitative estimate of drug-likeness (QED) is 0.491. The van der Waals surface area contributed by atoms with Gasteiger partial charge in [0.2, 0.25) is 5.91 Å². The number of hydrogen-bond acceptors (Lipinski definition) is 3. The van der Waals surface area contributed by atoms with Crippen LogP contribution in [0.25, 0.3) is 0 Å². The second-order valence-electron chi connectivity index (χ2n) is 10.8. The molecule has 2 aromatic carbocycles. The Kier molecular flexibility index (Phi) is 8.60. The second kappa shape index (κ2) is 11.3. The SMILES string of the molecule is Cc1ccc(C2(O)CCN(C(=O)[C@H](NC(=O)NCCCc3ccccc3)C(C)C)CC2(C)C)cc1. The Labute approximate surface area is 210 Å². The molecule has 0 spiro atoms. The predicted molar refractivity (Wildman–Crippen MR) is 140 cm³/mol. The Morgan fingerprint density at radius 3 is 2.31 bits per heavy atom. The molecule has 1 aliphatic rings. The maximum absolute atomic E-state index is 13.5. The molecule has 3 rings (SSSR count). The van der Waals surface area contributed by atoms with Gasteiger partial charge in [0.05, 0.1) is 5.60 Å². The maximum Gasteiger partial charge on any atom is 0.315 e. The van der Waals surface area contributed by atoms with Gasteiger partial charge in [-0.05, 0) is 43.2 Å². The number of carbonyl (C=O) groups is 2. The highest BCUT2D eigenvalue weighted by molar-refractivity contribution is 5.87. The van der Waals surface area contributed by atoms with E-state index >= 15 is 0 Å². The molecule has 190 valence electrons. The number of nitrogens with zero attached hydrogens (tertiary/aromatic N) is 1. The van der Waals surface area contributed by atoms with Crippen LogP contribution in [-0.4, -0.2) is 47.6 Å². The molecule has 0 radical (unpaired) electrons. The van der Waals surface area contributed by atoms with Crippen molar-refractivity contribution in [2.45, 2.75) is 65.5 Å². The topological polar surface area (TPSA) is 81.7 Å². The van der Waals surface area contributed by atoms with E-state index in [1.165, 1.54) is 5.56 Å². The van der Waals surface area contributed by atoms with Gasteiger partial charge in [0, 0.05) is 25.0 Å². The lowest BCUT2D eigenvalue weighted by Gasteiger charge is -2.51. The Bertz CT molecular complexity index is 988. The van der Waals surface area contributed by atoms with E-state index in [2.05, 4.69) is 22.8 Å². The third kappa shape index (κ3) is 6.43. The monoisotopic (exact) mass is 479 g/mol. The average Bonchev–Trinajstić information content (AvgIpc) is 2.82. The molecule has 2 aromatic rings. The summed E-state index contributed by atoms with van der Waals surface area (Å²) in [5.41, 5.74) is 1.70. The summed E-state index contributed by atoms with van der Waals surface area (Å²) in [5, 5.41) is 17.4. The van der Waals surface area contributed by atoms with Gasteiger partial charge in [-0.15, -0.1) is 0 Å². The van der Waals surface area contributed by atoms with Gasteiger partial charge in [-0.25, -0.2) is 4.79 Å². The number of rotatable bonds is 8. The van der Waals surface area contributed by atoms with Crippen molar-refractivity contribution in [1.82, 2.24) is 15.5 Å². The molecule has 35 heavy (non-hydrogen) atoms. The highest BCUT2D eigenvalue weighted by Crippen LogP contribution is 2.46. The van der Waals surface area contributed by atoms with Gasteiger partial charge in [-0.1, -0.05) is 87.9 Å². The van der Waals surface area contributed by atoms with Gasteiger partial charge in [0.1, 0.15) is 6.04 Å². The molecule has 0 aliphatic carbocycles. The lowest BCUT2D eigenvalue weighted by Crippen LogP contribution is -2.61. The lowest BCUT2D eigenvalue weighted by molar-refractivity contribution is -0.155. The number of carbonyl (C=O) groups excluding carboxylic acids is 2. The van der Waals surface area contributed by atoms with Gasteiger partial charge in [-0.2, -0.15) is 0 Å². The van der Waals surface area contributed by atoms with E-state index in [0.29, 0.717) is 26.1 Å². The highest BCUT2D eigenvalue weighted by Gasteiger charge is 2.50. The standard InChI is InChI=1S/C29H41N3O3/c1-21(2)25(31-27(34)30-18-9-12-23-10-7-6-8-11-23)26(33)32-19-17-29(35,28(4,5)20-32)24-15-13-22(3)14-16-24/h6-8,10-11,13-16,21,25,35H,9,12,17-20H2,1-5H3,(H2,30,31,34)/t25-,29?/m1/s1. The minimum Gasteiger partial charge on any atom is -0.384 e. The fourth-order valence-electron chi connectivity index (χ4n) is 4.92. The van der Waals surface area contributed by atoms with Crippen molar-refractivity contribution in [2.75, 3.05) is 19.6 Å². The summed E-state index contributed by atoms with van der Waals surface area (Å²) in [5.74, 6) is -0.156. The Balaban J connectivity index is 1.57. The number of piperidine rings is 1. The van der Waals surface area contributed by atoms with Crippen LogP contribution < -0.4 is 10.6 Å². The zero-order valence-corrected chi connectivity index (χ0v) is 21.8. The zero-order valence-electron chi connectivity index (χ0n) is 21.8. The lowest BCUT2D eigenvalue weighted by atomic mass is 9.66. The first-order chi connectivity index (χ1) is 16.5. The molecule has 0 bridgehead atoms. The molecular weight excluding hydrogens is 438 g/mol. The molecule has 1 fully saturated rings. The van der Waals surface area contributed by atoms with E-state index in [-0.39, 0.29) is 17.9 Å². The van der Waals surface area contributed by atoms with Crippen molar-refractivity contribution >= 4 is 11.9 Å². The Morgan fingerprint density at radius 1 is 1.06 bits per heavy atom. The first-order valence-electron chi connectivity index (χ1n) is 12.7. The summed E-state index contributed by atoms with van der Waals surface area (Å²) < 4.78 is 0. The van der Waals surface area contributed by atoms with Crippen LogP contribution in [0.5, 0.6) is 0 Å². The van der Waals surface area contributed by atoms with E-state index in [0.717, 1.165) is 24.0 Å². The number of hydrogen-bond donors (Lipinski definition) is 3. The second-order valence-corrected chi connectivity index (χ2v) is 10.8. The fraction of sp³-hybridized carbons (Fsp3) is 0.517. The average molecular weight is 480 g/mol. The number of urea groups is 1. The number of amides is 3. The third-order valence-electron chi connectivity index (χ3n) is 7.28. The van der Waals surface area contributed by atoms with Gasteiger partial charge in [0.15, 0.2) is 0 Å². The van der Waals surface area contributed by atoms with Crippen LogP contribution in [0, 0.1) is 18.3 Å². The predicted octanol–water partition coefficient (Wildman–Crippen LogP) is 4.40. The van der Waals surface area contributed by atoms with Crippen molar-refractivity contribution in [1.29, 1.82) is 0 Å². The number of benzene rings is 2. The molecule has 1 aliphatic heterocycles. The van der Waals surface area contributed by atoms with E-state index in [9.17, 15) is 14.7 Å². The van der Waals surface area contributed by atoms with Gasteiger partial charge >= 0.3 is 6.03 Å². The van der Waals surface area contributed by atoms with Crippen LogP contribution in [-0.2, 0) is 16.8 Å². The number of aliphatic hydroxyl groups is 1. The summed E-state index contributed by atoms with van der Waals surface area (Å²) >= 11 is 0. The molecule has 6 nitrogen and oxygen atoms in total. The Morgan fingerprint density at radius 2 is 1.71 bits per heavy atom. The largest absolute Gasteiger partial charge is 0.384 e. The van der Waals surface area contributed by atoms with E-state index in [4.69, 9.17) is 0 Å². The first kappa shape index (κ1) is 26.7. The normalized spacial score (nSPS) is 20.4. The van der Waals surface area contributed by atoms with Crippen molar-refractivity contribution < 1.29 is 14.7 Å². The first-order valence-corrected chi connectivity index (χ1v) is 12.7. The van der Waals surface area contributed by atoms with Crippen molar-refractivity contribution in [3.63, 3.8) is 0 Å². The van der Waals surface area contributed by atoms with E-state index < -0.39 is 17.1 Å². The molecule has 1 heterocycles. The summed E-state index contributed by atoms with van der Waals surface area (Å²) in [6.07, 6.45) is 2.17. The maximum atomic E-state index is 13.5. The minimum absolute atomic E-state index is 0.0569. The number of likely N-dealkylation sites (tertiary alicyclic amines) is 1. The summed E-state index contributed by atoms with van der Waals surface area (Å²) in [4.78, 5) is 27.8. The molecule has 1 saturated heterocycles. The van der Waals surface area contributed by atoms with Gasteiger partial charge < -0.3 is 20.6 Å². The number of nitrogens with one attached hydrogen (secondary N) is 2. The van der Waals surface area contributed by atoms with Crippen LogP contribution in [0.15, 0.2) is 54.6 Å². The highest BCUT2D eigenvalue weighted by atomic mass is 16.3. The third-order valence-corrected chi connectivity index (χ3v) is 7.28. The molecule has 0 aromatic heterocycles. The molecule has 3 amide bonds. The van der Waals surface area contributed by atoms with Crippen LogP contribution in [0.2, 0.25) is 0 Å². The van der Waals surface area contributed by atoms with Crippen LogP contribution in [0.4, 0.5) is 4.79 Å². The molecule has 0 saturated carbocycles. The van der Waals surface area contributed by atoms with Crippen molar-refractivity contribution in [3.05, 3.63) is 71.3 Å². The number of aryl methyl sites for hydroxylation is 2. The Hall–Kier alpha value is -2.86. The van der Waals surface area contributed by atoms with Crippen LogP contribution in [0.3, 0.4) is 0 Å². The molecular formula is C29H41N3O3. The van der Waals surface area contributed by atoms with E-state index in [1.54, 1.807) is 4.90 Å². The molecule has 3 N–H and O–H groups in total. The van der Waals surface area contributed by atoms with Crippen molar-refractivity contribution in [2.24, 2.45) is 11.3 Å². The molecule has 2 atom stereocenters. The fourth-order valence-corrected chi connectivity index (χ4v) is 4.92. The van der Waals surface area contributed by atoms with Crippen LogP contribution in [0.1, 0.15) is 57.2 Å². The smallest absolute Gasteiger partial charge is 0.315 e. The van der Waals surface area contributed by atoms with Gasteiger partial charge in [0.25, 0.3) is 0 Å². The molecule has 6 heteroatoms. The van der Waals surface area contributed by atoms with E-state index in [1.807, 2.05) is 77.1 Å². The molecule has 1 unspecified atom stereocenters. The zero-order chi connectivity index (χ0) is 25.6. The van der Waals surface area contributed by atoms with Crippen LogP contribution >= 0.6 is 0 Å². The summed E-state index contributed by atoms with van der Waals surface area (Å²) in [6.45, 7) is 11.3. The summed E-state index contributed by atoms with van der Waals surface area (Å²) in [7, 11) is 0. The summed E-state index contributed by atoms with van der Waals surface area (Å²) in [6, 6.07) is 17.2. The van der Waals surface area contributed by atoms with Crippen molar-refractivity contribution in [3.8, 4) is 0 Å². The minimum atomic E-state index is -1.02. The van der Waals surface area contributed by atoms with Gasteiger partial charge in [-0.3, -0.25) is 4.79 Å².